The van der Waals surface area contributed by atoms with E-state index in [0.717, 1.165) is 26.1 Å². The van der Waals surface area contributed by atoms with E-state index in [4.69, 9.17) is 9.47 Å². The summed E-state index contributed by atoms with van der Waals surface area (Å²) in [6.07, 6.45) is 37.4. The Morgan fingerprint density at radius 3 is 1.24 bits per heavy atom. The van der Waals surface area contributed by atoms with Gasteiger partial charge in [-0.15, -0.1) is 5.06 Å². The smallest absolute Gasteiger partial charge is 0.394 e. The molecular weight excluding hydrogens is 620 g/mol. The Labute approximate surface area is 301 Å². The van der Waals surface area contributed by atoms with Crippen LogP contribution in [0.5, 0.6) is 0 Å². The van der Waals surface area contributed by atoms with E-state index in [9.17, 15) is 19.5 Å². The lowest BCUT2D eigenvalue weighted by molar-refractivity contribution is -0.170. The highest BCUT2D eigenvalue weighted by Gasteiger charge is 2.32. The average molecular weight is 699 g/mol. The molecule has 1 saturated heterocycles. The Morgan fingerprint density at radius 2 is 0.918 bits per heavy atom. The van der Waals surface area contributed by atoms with Crippen molar-refractivity contribution in [1.29, 1.82) is 0 Å². The summed E-state index contributed by atoms with van der Waals surface area (Å²) in [4.78, 5) is 35.6. The van der Waals surface area contributed by atoms with E-state index in [-0.39, 0.29) is 25.6 Å². The van der Waals surface area contributed by atoms with Crippen LogP contribution in [-0.4, -0.2) is 60.6 Å². The number of aliphatic hydroxyl groups excluding tert-OH is 1. The first-order valence-electron chi connectivity index (χ1n) is 20.6. The number of aliphatic hydroxyl groups is 1. The van der Waals surface area contributed by atoms with Crippen LogP contribution in [0.25, 0.3) is 0 Å². The van der Waals surface area contributed by atoms with Crippen LogP contribution in [0.4, 0.5) is 4.79 Å². The molecule has 49 heavy (non-hydrogen) atoms. The van der Waals surface area contributed by atoms with Crippen molar-refractivity contribution in [2.45, 2.75) is 213 Å². The second-order valence-electron chi connectivity index (χ2n) is 13.9. The van der Waals surface area contributed by atoms with Crippen molar-refractivity contribution in [3.05, 3.63) is 0 Å². The molecule has 0 aromatic heterocycles. The maximum absolute atomic E-state index is 10.7. The lowest BCUT2D eigenvalue weighted by atomic mass is 10.0. The summed E-state index contributed by atoms with van der Waals surface area (Å²) in [5, 5.41) is 9.95. The fourth-order valence-electron chi connectivity index (χ4n) is 6.06. The van der Waals surface area contributed by atoms with Gasteiger partial charge in [-0.3, -0.25) is 9.59 Å². The first-order valence-corrected chi connectivity index (χ1v) is 20.6. The summed E-state index contributed by atoms with van der Waals surface area (Å²) in [5.74, 6) is -1.07. The lowest BCUT2D eigenvalue weighted by Gasteiger charge is -2.15. The second-order valence-corrected chi connectivity index (χ2v) is 13.9. The number of amides is 3. The molecule has 1 rings (SSSR count). The molecule has 1 aliphatic rings. The van der Waals surface area contributed by atoms with Crippen LogP contribution >= 0.6 is 0 Å². The minimum atomic E-state index is -1.16. The molecule has 3 amide bonds. The molecular formula is C40H78N2O7. The minimum Gasteiger partial charge on any atom is -0.394 e. The van der Waals surface area contributed by atoms with E-state index in [1.54, 1.807) is 0 Å². The SMILES string of the molecule is CCCCCCCCCCCCCCCCOCC(CO)OCCCCCCCCCCCCCCCC.NC(=O)ON1C(=O)CCC1=O. The zero-order valence-electron chi connectivity index (χ0n) is 32.0. The number of carbonyl (C=O) groups is 3. The molecule has 290 valence electrons. The molecule has 1 aliphatic heterocycles. The maximum atomic E-state index is 10.7. The van der Waals surface area contributed by atoms with Gasteiger partial charge in [0.2, 0.25) is 0 Å². The summed E-state index contributed by atoms with van der Waals surface area (Å²) >= 11 is 0. The number of hydrogen-bond donors (Lipinski definition) is 2. The Morgan fingerprint density at radius 1 is 0.592 bits per heavy atom. The summed E-state index contributed by atoms with van der Waals surface area (Å²) in [7, 11) is 0. The number of carbonyl (C=O) groups excluding carboxylic acids is 3. The number of ether oxygens (including phenoxy) is 2. The van der Waals surface area contributed by atoms with E-state index in [0.29, 0.717) is 11.7 Å². The molecule has 1 fully saturated rings. The van der Waals surface area contributed by atoms with Gasteiger partial charge in [0, 0.05) is 26.1 Å². The molecule has 0 aliphatic carbocycles. The summed E-state index contributed by atoms with van der Waals surface area (Å²) in [5.41, 5.74) is 4.59. The number of hydroxylamine groups is 2. The van der Waals surface area contributed by atoms with Gasteiger partial charge in [0.15, 0.2) is 0 Å². The third-order valence-electron chi connectivity index (χ3n) is 9.19. The number of rotatable bonds is 35. The number of imide groups is 1. The molecule has 0 bridgehead atoms. The van der Waals surface area contributed by atoms with Gasteiger partial charge in [0.05, 0.1) is 13.2 Å². The van der Waals surface area contributed by atoms with Crippen LogP contribution in [0.15, 0.2) is 0 Å². The van der Waals surface area contributed by atoms with Crippen LogP contribution in [0, 0.1) is 0 Å². The van der Waals surface area contributed by atoms with Crippen molar-refractivity contribution in [3.8, 4) is 0 Å². The zero-order chi connectivity index (χ0) is 36.0. The molecule has 1 atom stereocenters. The lowest BCUT2D eigenvalue weighted by Crippen LogP contribution is -2.34. The van der Waals surface area contributed by atoms with Crippen LogP contribution in [0.1, 0.15) is 206 Å². The van der Waals surface area contributed by atoms with Crippen LogP contribution in [-0.2, 0) is 23.9 Å². The molecule has 1 heterocycles. The Kier molecular flexibility index (Phi) is 36.2. The second kappa shape index (κ2) is 37.5. The van der Waals surface area contributed by atoms with Gasteiger partial charge in [0.1, 0.15) is 6.10 Å². The number of nitrogens with two attached hydrogens (primary N) is 1. The van der Waals surface area contributed by atoms with Gasteiger partial charge in [0.25, 0.3) is 11.8 Å². The number of primary amides is 1. The van der Waals surface area contributed by atoms with E-state index in [1.807, 2.05) is 0 Å². The molecule has 0 radical (unpaired) electrons. The topological polar surface area (TPSA) is 128 Å². The van der Waals surface area contributed by atoms with Crippen molar-refractivity contribution < 1.29 is 33.8 Å². The van der Waals surface area contributed by atoms with E-state index in [2.05, 4.69) is 24.4 Å². The molecule has 0 aromatic carbocycles. The molecule has 3 N–H and O–H groups in total. The highest BCUT2D eigenvalue weighted by atomic mass is 16.7. The third-order valence-corrected chi connectivity index (χ3v) is 9.19. The third kappa shape index (κ3) is 33.2. The fraction of sp³-hybridized carbons (Fsp3) is 0.925. The maximum Gasteiger partial charge on any atom is 0.429 e. The monoisotopic (exact) mass is 699 g/mol. The average Bonchev–Trinajstić information content (AvgIpc) is 3.40. The number of unbranched alkanes of at least 4 members (excludes halogenated alkanes) is 26. The van der Waals surface area contributed by atoms with Crippen molar-refractivity contribution in [3.63, 3.8) is 0 Å². The van der Waals surface area contributed by atoms with E-state index in [1.165, 1.54) is 167 Å². The van der Waals surface area contributed by atoms with Crippen molar-refractivity contribution in [2.24, 2.45) is 5.73 Å². The normalized spacial score (nSPS) is 13.5. The summed E-state index contributed by atoms with van der Waals surface area (Å²) < 4.78 is 11.6. The van der Waals surface area contributed by atoms with Crippen LogP contribution in [0.3, 0.4) is 0 Å². The largest absolute Gasteiger partial charge is 0.429 e. The predicted octanol–water partition coefficient (Wildman–Crippen LogP) is 10.5. The van der Waals surface area contributed by atoms with Gasteiger partial charge in [-0.25, -0.2) is 4.79 Å². The quantitative estimate of drug-likeness (QED) is 0.0498. The van der Waals surface area contributed by atoms with Gasteiger partial charge in [-0.1, -0.05) is 181 Å². The first-order chi connectivity index (χ1) is 24.0. The summed E-state index contributed by atoms with van der Waals surface area (Å²) in [6.45, 7) is 6.74. The molecule has 9 nitrogen and oxygen atoms in total. The Balaban J connectivity index is 0.00000175. The minimum absolute atomic E-state index is 0.0668. The first kappa shape index (κ1) is 47.3. The van der Waals surface area contributed by atoms with Gasteiger partial charge < -0.3 is 25.2 Å². The number of nitrogens with zero attached hydrogens (tertiary/aromatic N) is 1. The van der Waals surface area contributed by atoms with Crippen molar-refractivity contribution >= 4 is 17.9 Å². The van der Waals surface area contributed by atoms with E-state index >= 15 is 0 Å². The summed E-state index contributed by atoms with van der Waals surface area (Å²) in [6, 6.07) is 0. The predicted molar refractivity (Wildman–Crippen MR) is 200 cm³/mol. The fourth-order valence-corrected chi connectivity index (χ4v) is 6.06. The zero-order valence-corrected chi connectivity index (χ0v) is 32.0. The Hall–Kier alpha value is -1.71. The van der Waals surface area contributed by atoms with Gasteiger partial charge >= 0.3 is 6.09 Å². The van der Waals surface area contributed by atoms with Crippen LogP contribution < -0.4 is 5.73 Å². The van der Waals surface area contributed by atoms with Crippen LogP contribution in [0.2, 0.25) is 0 Å². The van der Waals surface area contributed by atoms with Crippen molar-refractivity contribution in [2.75, 3.05) is 26.4 Å². The standard InChI is InChI=1S/C35H72O3.C5H6N2O4/c1-3-5-7-9-11-13-15-17-19-21-23-25-27-29-31-37-34-35(33-36)38-32-30-28-26-24-22-20-18-16-14-12-10-8-6-4-2;6-5(10)11-7-3(8)1-2-4(7)9/h35-36H,3-34H2,1-2H3;1-2H2,(H2,6,10). The van der Waals surface area contributed by atoms with Gasteiger partial charge in [-0.05, 0) is 12.8 Å². The van der Waals surface area contributed by atoms with Gasteiger partial charge in [-0.2, -0.15) is 0 Å². The molecule has 0 spiro atoms. The Bertz CT molecular complexity index is 736. The molecule has 1 unspecified atom stereocenters. The molecule has 0 saturated carbocycles. The van der Waals surface area contributed by atoms with E-state index < -0.39 is 17.9 Å². The molecule has 0 aromatic rings. The van der Waals surface area contributed by atoms with Crippen molar-refractivity contribution in [1.82, 2.24) is 5.06 Å². The highest BCUT2D eigenvalue weighted by molar-refractivity contribution is 6.01. The molecule has 9 heteroatoms. The number of hydrogen-bond acceptors (Lipinski definition) is 7. The highest BCUT2D eigenvalue weighted by Crippen LogP contribution is 2.15.